The van der Waals surface area contributed by atoms with Gasteiger partial charge in [-0.25, -0.2) is 4.79 Å². The number of carboxylic acid groups (broad SMARTS) is 1. The Morgan fingerprint density at radius 3 is 2.43 bits per heavy atom. The lowest BCUT2D eigenvalue weighted by molar-refractivity contribution is -0.188. The maximum atomic E-state index is 13.2. The maximum Gasteiger partial charge on any atom is 0.399 e. The predicted octanol–water partition coefficient (Wildman–Crippen LogP) is 2.26. The second-order valence-electron chi connectivity index (χ2n) is 4.79. The lowest BCUT2D eigenvalue weighted by Crippen LogP contribution is -2.41. The van der Waals surface area contributed by atoms with Crippen molar-refractivity contribution in [3.63, 3.8) is 0 Å². The first kappa shape index (κ1) is 15.1. The number of carbonyl (C=O) groups excluding carboxylic acids is 1. The molecular formula is C13H11F3O5. The van der Waals surface area contributed by atoms with Crippen molar-refractivity contribution in [1.82, 2.24) is 0 Å². The van der Waals surface area contributed by atoms with E-state index in [1.807, 2.05) is 0 Å². The largest absolute Gasteiger partial charge is 0.507 e. The Labute approximate surface area is 117 Å². The number of aliphatic hydroxyl groups is 1. The molecule has 5 nitrogen and oxygen atoms in total. The lowest BCUT2D eigenvalue weighted by Gasteiger charge is -2.35. The van der Waals surface area contributed by atoms with Gasteiger partial charge in [-0.05, 0) is 25.0 Å². The van der Waals surface area contributed by atoms with Crippen molar-refractivity contribution in [2.24, 2.45) is 5.92 Å². The van der Waals surface area contributed by atoms with Gasteiger partial charge in [0.05, 0.1) is 11.8 Å². The van der Waals surface area contributed by atoms with E-state index in [1.165, 1.54) is 6.92 Å². The van der Waals surface area contributed by atoms with E-state index in [4.69, 9.17) is 9.84 Å². The summed E-state index contributed by atoms with van der Waals surface area (Å²) < 4.78 is 44.4. The van der Waals surface area contributed by atoms with E-state index in [-0.39, 0.29) is 5.57 Å². The molecule has 2 atom stereocenters. The number of aliphatic hydroxyl groups excluding tert-OH is 1. The van der Waals surface area contributed by atoms with Crippen LogP contribution in [0.25, 0.3) is 0 Å². The fraction of sp³-hybridized carbons (Fsp3) is 0.385. The van der Waals surface area contributed by atoms with Crippen LogP contribution in [-0.2, 0) is 14.3 Å². The minimum atomic E-state index is -4.70. The first-order valence-electron chi connectivity index (χ1n) is 5.92. The molecule has 0 amide bonds. The van der Waals surface area contributed by atoms with Gasteiger partial charge >= 0.3 is 12.1 Å². The first-order valence-corrected chi connectivity index (χ1v) is 5.92. The van der Waals surface area contributed by atoms with Gasteiger partial charge in [0.15, 0.2) is 0 Å². The van der Waals surface area contributed by atoms with Gasteiger partial charge in [0.25, 0.3) is 0 Å². The molecule has 0 radical (unpaired) electrons. The molecule has 0 aromatic rings. The number of aliphatic carboxylic acids is 1. The fourth-order valence-electron chi connectivity index (χ4n) is 2.52. The van der Waals surface area contributed by atoms with Gasteiger partial charge in [0.1, 0.15) is 23.4 Å². The minimum absolute atomic E-state index is 0.282. The van der Waals surface area contributed by atoms with Crippen LogP contribution in [-0.4, -0.2) is 34.2 Å². The van der Waals surface area contributed by atoms with Gasteiger partial charge in [0.2, 0.25) is 5.78 Å². The molecule has 2 rings (SSSR count). The summed E-state index contributed by atoms with van der Waals surface area (Å²) >= 11 is 0. The number of ketones is 1. The van der Waals surface area contributed by atoms with E-state index >= 15 is 0 Å². The van der Waals surface area contributed by atoms with Gasteiger partial charge in [-0.1, -0.05) is 0 Å². The van der Waals surface area contributed by atoms with Crippen LogP contribution >= 0.6 is 0 Å². The van der Waals surface area contributed by atoms with Crippen molar-refractivity contribution in [2.75, 3.05) is 0 Å². The van der Waals surface area contributed by atoms with Crippen molar-refractivity contribution in [3.8, 4) is 0 Å². The summed E-state index contributed by atoms with van der Waals surface area (Å²) in [7, 11) is 0. The third-order valence-corrected chi connectivity index (χ3v) is 3.51. The molecule has 2 unspecified atom stereocenters. The summed E-state index contributed by atoms with van der Waals surface area (Å²) in [5, 5.41) is 18.7. The number of Topliss-reactive ketones (excluding diaryl/α,β-unsaturated/α-hetero) is 1. The van der Waals surface area contributed by atoms with E-state index in [0.29, 0.717) is 0 Å². The maximum absolute atomic E-state index is 13.2. The van der Waals surface area contributed by atoms with E-state index in [2.05, 4.69) is 0 Å². The van der Waals surface area contributed by atoms with E-state index in [0.717, 1.165) is 13.2 Å². The SMILES string of the molecule is CC1=C2C(=COC(C)C2C(F)(F)F)C(=O)C(C(=O)O)=C1O. The lowest BCUT2D eigenvalue weighted by atomic mass is 9.76. The van der Waals surface area contributed by atoms with Gasteiger partial charge in [-0.3, -0.25) is 4.79 Å². The van der Waals surface area contributed by atoms with Crippen LogP contribution in [0, 0.1) is 5.92 Å². The van der Waals surface area contributed by atoms with Crippen LogP contribution in [0.5, 0.6) is 0 Å². The van der Waals surface area contributed by atoms with Gasteiger partial charge in [0, 0.05) is 0 Å². The highest BCUT2D eigenvalue weighted by molar-refractivity contribution is 6.26. The van der Waals surface area contributed by atoms with Crippen molar-refractivity contribution >= 4 is 11.8 Å². The number of rotatable bonds is 1. The molecule has 2 N–H and O–H groups in total. The second kappa shape index (κ2) is 4.64. The van der Waals surface area contributed by atoms with Crippen molar-refractivity contribution < 1.29 is 37.7 Å². The second-order valence-corrected chi connectivity index (χ2v) is 4.79. The smallest absolute Gasteiger partial charge is 0.399 e. The summed E-state index contributed by atoms with van der Waals surface area (Å²) in [5.41, 5.74) is -2.16. The number of carboxylic acids is 1. The third kappa shape index (κ3) is 2.20. The van der Waals surface area contributed by atoms with Gasteiger partial charge in [-0.2, -0.15) is 13.2 Å². The summed E-state index contributed by atoms with van der Waals surface area (Å²) in [6.07, 6.45) is -5.16. The molecular weight excluding hydrogens is 293 g/mol. The Balaban J connectivity index is 2.74. The van der Waals surface area contributed by atoms with Crippen LogP contribution in [0.3, 0.4) is 0 Å². The van der Waals surface area contributed by atoms with Crippen molar-refractivity contribution in [2.45, 2.75) is 26.1 Å². The molecule has 0 aromatic carbocycles. The van der Waals surface area contributed by atoms with E-state index in [9.17, 15) is 27.9 Å². The molecule has 1 aliphatic heterocycles. The molecule has 0 aromatic heterocycles. The summed E-state index contributed by atoms with van der Waals surface area (Å²) in [6, 6.07) is 0. The number of hydrogen-bond acceptors (Lipinski definition) is 4. The molecule has 1 aliphatic carbocycles. The average molecular weight is 304 g/mol. The van der Waals surface area contributed by atoms with Gasteiger partial charge in [-0.15, -0.1) is 0 Å². The van der Waals surface area contributed by atoms with E-state index in [1.54, 1.807) is 0 Å². The average Bonchev–Trinajstić information content (AvgIpc) is 2.33. The molecule has 21 heavy (non-hydrogen) atoms. The van der Waals surface area contributed by atoms with Crippen LogP contribution in [0.1, 0.15) is 13.8 Å². The molecule has 0 fully saturated rings. The number of hydrogen-bond donors (Lipinski definition) is 2. The summed E-state index contributed by atoms with van der Waals surface area (Å²) in [4.78, 5) is 23.0. The zero-order valence-electron chi connectivity index (χ0n) is 11.0. The molecule has 0 bridgehead atoms. The van der Waals surface area contributed by atoms with Crippen LogP contribution < -0.4 is 0 Å². The van der Waals surface area contributed by atoms with Gasteiger partial charge < -0.3 is 14.9 Å². The Bertz CT molecular complexity index is 624. The summed E-state index contributed by atoms with van der Waals surface area (Å²) in [5.74, 6) is -5.96. The van der Waals surface area contributed by atoms with Crippen molar-refractivity contribution in [1.29, 1.82) is 0 Å². The zero-order chi connectivity index (χ0) is 16.1. The third-order valence-electron chi connectivity index (χ3n) is 3.51. The highest BCUT2D eigenvalue weighted by atomic mass is 19.4. The molecule has 0 spiro atoms. The Morgan fingerprint density at radius 1 is 1.38 bits per heavy atom. The number of allylic oxidation sites excluding steroid dienone is 2. The zero-order valence-corrected chi connectivity index (χ0v) is 11.0. The van der Waals surface area contributed by atoms with Crippen LogP contribution in [0.2, 0.25) is 0 Å². The molecule has 8 heteroatoms. The topological polar surface area (TPSA) is 83.8 Å². The van der Waals surface area contributed by atoms with Crippen molar-refractivity contribution in [3.05, 3.63) is 34.3 Å². The standard InChI is InChI=1S/C13H11F3O5/c1-4-7-6(11(18)8(10(4)17)12(19)20)3-21-5(2)9(7)13(14,15)16/h3,5,9,17H,1-2H3,(H,19,20). The monoisotopic (exact) mass is 304 g/mol. The Morgan fingerprint density at radius 2 is 1.95 bits per heavy atom. The Kier molecular flexibility index (Phi) is 3.35. The number of fused-ring (bicyclic) bond motifs is 1. The molecule has 2 aliphatic rings. The first-order chi connectivity index (χ1) is 9.57. The highest BCUT2D eigenvalue weighted by Gasteiger charge is 2.52. The molecule has 0 saturated carbocycles. The fourth-order valence-corrected chi connectivity index (χ4v) is 2.52. The molecule has 114 valence electrons. The minimum Gasteiger partial charge on any atom is -0.507 e. The van der Waals surface area contributed by atoms with Crippen LogP contribution in [0.15, 0.2) is 34.3 Å². The number of alkyl halides is 3. The molecule has 0 saturated heterocycles. The highest BCUT2D eigenvalue weighted by Crippen LogP contribution is 2.46. The molecule has 1 heterocycles. The normalized spacial score (nSPS) is 26.3. The van der Waals surface area contributed by atoms with E-state index < -0.39 is 52.4 Å². The Hall–Kier alpha value is -2.25. The number of halogens is 3. The predicted molar refractivity (Wildman–Crippen MR) is 63.2 cm³/mol. The quantitative estimate of drug-likeness (QED) is 0.726. The summed E-state index contributed by atoms with van der Waals surface area (Å²) in [6.45, 7) is 2.33. The number of ether oxygens (including phenoxy) is 1. The number of carbonyl (C=O) groups is 2. The van der Waals surface area contributed by atoms with Crippen LogP contribution in [0.4, 0.5) is 13.2 Å².